The second-order valence-electron chi connectivity index (χ2n) is 7.98. The number of oxime groups is 1. The summed E-state index contributed by atoms with van der Waals surface area (Å²) in [7, 11) is 0. The number of aromatic carboxylic acids is 1. The zero-order chi connectivity index (χ0) is 25.0. The van der Waals surface area contributed by atoms with Crippen LogP contribution in [-0.4, -0.2) is 32.8 Å². The summed E-state index contributed by atoms with van der Waals surface area (Å²) in [5.74, 6) is -2.10. The molecule has 35 heavy (non-hydrogen) atoms. The molecular weight excluding hydrogens is 468 g/mol. The third kappa shape index (κ3) is 4.85. The Hall–Kier alpha value is -4.23. The number of hydrogen-bond acceptors (Lipinski definition) is 5. The highest BCUT2D eigenvalue weighted by atomic mass is 35.5. The van der Waals surface area contributed by atoms with Gasteiger partial charge in [0.2, 0.25) is 0 Å². The summed E-state index contributed by atoms with van der Waals surface area (Å²) < 4.78 is 0. The van der Waals surface area contributed by atoms with E-state index in [0.29, 0.717) is 5.52 Å². The Bertz CT molecular complexity index is 1380. The number of nitrogens with zero attached hydrogens (tertiary/aromatic N) is 2. The molecule has 0 bridgehead atoms. The second kappa shape index (κ2) is 9.95. The fourth-order valence-electron chi connectivity index (χ4n) is 3.93. The SMILES string of the molecule is Cc1cnc2c(C(=O)O)c(Cl)ccc2c1.O=C(O)C1=NOC(c2ccccc2)(c2ccccc2)C1. The predicted octanol–water partition coefficient (Wildman–Crippen LogP) is 5.69. The average Bonchev–Trinajstić information content (AvgIpc) is 3.33. The van der Waals surface area contributed by atoms with Crippen molar-refractivity contribution in [2.75, 3.05) is 0 Å². The molecule has 5 rings (SSSR count). The summed E-state index contributed by atoms with van der Waals surface area (Å²) in [5, 5.41) is 22.9. The molecule has 8 heteroatoms. The van der Waals surface area contributed by atoms with Crippen molar-refractivity contribution in [3.05, 3.63) is 112 Å². The molecule has 0 saturated carbocycles. The van der Waals surface area contributed by atoms with E-state index in [4.69, 9.17) is 26.7 Å². The van der Waals surface area contributed by atoms with Gasteiger partial charge < -0.3 is 15.1 Å². The number of carboxylic acids is 2. The lowest BCUT2D eigenvalue weighted by Gasteiger charge is -2.27. The summed E-state index contributed by atoms with van der Waals surface area (Å²) in [5.41, 5.74) is 2.46. The van der Waals surface area contributed by atoms with Gasteiger partial charge in [0, 0.05) is 22.7 Å². The number of aryl methyl sites for hydroxylation is 1. The highest BCUT2D eigenvalue weighted by Crippen LogP contribution is 2.41. The minimum atomic E-state index is -1.05. The first-order chi connectivity index (χ1) is 16.8. The van der Waals surface area contributed by atoms with Gasteiger partial charge in [0.05, 0.1) is 17.0 Å². The van der Waals surface area contributed by atoms with Gasteiger partial charge in [-0.15, -0.1) is 0 Å². The molecule has 1 aromatic heterocycles. The van der Waals surface area contributed by atoms with Gasteiger partial charge in [-0.2, -0.15) is 0 Å². The third-order valence-electron chi connectivity index (χ3n) is 5.61. The number of aromatic nitrogens is 1. The van der Waals surface area contributed by atoms with Crippen molar-refractivity contribution in [1.82, 2.24) is 4.98 Å². The number of carbonyl (C=O) groups is 2. The van der Waals surface area contributed by atoms with Crippen molar-refractivity contribution >= 4 is 40.2 Å². The minimum Gasteiger partial charge on any atom is -0.478 e. The smallest absolute Gasteiger partial charge is 0.353 e. The summed E-state index contributed by atoms with van der Waals surface area (Å²) in [6.07, 6.45) is 1.85. The average molecular weight is 489 g/mol. The molecule has 2 heterocycles. The predicted molar refractivity (Wildman–Crippen MR) is 133 cm³/mol. The van der Waals surface area contributed by atoms with E-state index in [1.807, 2.05) is 73.7 Å². The van der Waals surface area contributed by atoms with Gasteiger partial charge in [0.1, 0.15) is 5.56 Å². The molecule has 0 radical (unpaired) electrons. The number of rotatable bonds is 4. The van der Waals surface area contributed by atoms with Crippen molar-refractivity contribution in [3.8, 4) is 0 Å². The van der Waals surface area contributed by atoms with E-state index >= 15 is 0 Å². The first-order valence-corrected chi connectivity index (χ1v) is 11.1. The second-order valence-corrected chi connectivity index (χ2v) is 8.39. The quantitative estimate of drug-likeness (QED) is 0.382. The Kier molecular flexibility index (Phi) is 6.80. The number of aliphatic carboxylic acids is 1. The maximum atomic E-state index is 11.1. The molecule has 0 amide bonds. The lowest BCUT2D eigenvalue weighted by atomic mass is 9.82. The molecule has 0 spiro atoms. The summed E-state index contributed by atoms with van der Waals surface area (Å²) in [4.78, 5) is 31.8. The topological polar surface area (TPSA) is 109 Å². The van der Waals surface area contributed by atoms with E-state index in [0.717, 1.165) is 22.1 Å². The monoisotopic (exact) mass is 488 g/mol. The Morgan fingerprint density at radius 1 is 0.914 bits per heavy atom. The van der Waals surface area contributed by atoms with E-state index < -0.39 is 17.5 Å². The number of halogens is 1. The first-order valence-electron chi connectivity index (χ1n) is 10.7. The van der Waals surface area contributed by atoms with E-state index in [1.165, 1.54) is 0 Å². The molecule has 0 atom stereocenters. The maximum absolute atomic E-state index is 11.1. The van der Waals surface area contributed by atoms with Crippen molar-refractivity contribution in [3.63, 3.8) is 0 Å². The molecule has 4 aromatic rings. The van der Waals surface area contributed by atoms with Crippen LogP contribution in [0.15, 0.2) is 90.2 Å². The van der Waals surface area contributed by atoms with Crippen LogP contribution < -0.4 is 0 Å². The third-order valence-corrected chi connectivity index (χ3v) is 5.92. The van der Waals surface area contributed by atoms with E-state index in [9.17, 15) is 9.59 Å². The molecule has 0 aliphatic carbocycles. The van der Waals surface area contributed by atoms with Crippen LogP contribution in [0.5, 0.6) is 0 Å². The van der Waals surface area contributed by atoms with Gasteiger partial charge in [-0.05, 0) is 24.6 Å². The molecule has 1 aliphatic heterocycles. The zero-order valence-corrected chi connectivity index (χ0v) is 19.4. The molecular formula is C27H21ClN2O5. The fourth-order valence-corrected chi connectivity index (χ4v) is 4.16. The molecule has 0 fully saturated rings. The lowest BCUT2D eigenvalue weighted by Crippen LogP contribution is -2.29. The normalized spacial score (nSPS) is 13.8. The first kappa shape index (κ1) is 23.9. The van der Waals surface area contributed by atoms with Crippen molar-refractivity contribution in [1.29, 1.82) is 0 Å². The molecule has 2 N–H and O–H groups in total. The highest BCUT2D eigenvalue weighted by molar-refractivity contribution is 6.36. The zero-order valence-electron chi connectivity index (χ0n) is 18.7. The van der Waals surface area contributed by atoms with Crippen LogP contribution >= 0.6 is 11.6 Å². The van der Waals surface area contributed by atoms with E-state index in [2.05, 4.69) is 10.1 Å². The standard InChI is InChI=1S/C16H13NO3.C11H8ClNO2/c18-15(19)14-11-16(20-17-14,12-7-3-1-4-8-12)13-9-5-2-6-10-13;1-6-4-7-2-3-8(12)9(11(14)15)10(7)13-5-6/h1-10H,11H2,(H,18,19);2-5H,1H3,(H,14,15). The van der Waals surface area contributed by atoms with Crippen molar-refractivity contribution < 1.29 is 24.6 Å². The van der Waals surface area contributed by atoms with Gasteiger partial charge in [0.15, 0.2) is 11.3 Å². The summed E-state index contributed by atoms with van der Waals surface area (Å²) >= 11 is 5.82. The molecule has 0 saturated heterocycles. The van der Waals surface area contributed by atoms with Crippen molar-refractivity contribution in [2.24, 2.45) is 5.16 Å². The van der Waals surface area contributed by atoms with Gasteiger partial charge in [-0.3, -0.25) is 4.98 Å². The van der Waals surface area contributed by atoms with Crippen molar-refractivity contribution in [2.45, 2.75) is 18.9 Å². The lowest BCUT2D eigenvalue weighted by molar-refractivity contribution is -0.129. The van der Waals surface area contributed by atoms with Gasteiger partial charge in [0.25, 0.3) is 0 Å². The van der Waals surface area contributed by atoms with Crippen LogP contribution in [0.3, 0.4) is 0 Å². The van der Waals surface area contributed by atoms with Crippen LogP contribution in [0.25, 0.3) is 10.9 Å². The van der Waals surface area contributed by atoms with Crippen LogP contribution in [0.4, 0.5) is 0 Å². The maximum Gasteiger partial charge on any atom is 0.353 e. The van der Waals surface area contributed by atoms with Crippen LogP contribution in [0.1, 0.15) is 33.5 Å². The number of carboxylic acid groups (broad SMARTS) is 2. The van der Waals surface area contributed by atoms with Crippen LogP contribution in [0.2, 0.25) is 5.02 Å². The minimum absolute atomic E-state index is 0.0395. The Morgan fingerprint density at radius 3 is 2.03 bits per heavy atom. The number of pyridine rings is 1. The molecule has 3 aromatic carbocycles. The number of fused-ring (bicyclic) bond motifs is 1. The number of benzene rings is 3. The van der Waals surface area contributed by atoms with Gasteiger partial charge in [-0.25, -0.2) is 9.59 Å². The van der Waals surface area contributed by atoms with Crippen LogP contribution in [-0.2, 0) is 15.2 Å². The Morgan fingerprint density at radius 2 is 1.51 bits per heavy atom. The molecule has 1 aliphatic rings. The summed E-state index contributed by atoms with van der Waals surface area (Å²) in [6, 6.07) is 24.4. The summed E-state index contributed by atoms with van der Waals surface area (Å²) in [6.45, 7) is 1.90. The highest BCUT2D eigenvalue weighted by Gasteiger charge is 2.44. The van der Waals surface area contributed by atoms with Crippen LogP contribution in [0, 0.1) is 6.92 Å². The Labute approximate surface area is 206 Å². The van der Waals surface area contributed by atoms with Gasteiger partial charge >= 0.3 is 11.9 Å². The molecule has 176 valence electrons. The van der Waals surface area contributed by atoms with Gasteiger partial charge in [-0.1, -0.05) is 83.5 Å². The molecule has 0 unspecified atom stereocenters. The molecule has 7 nitrogen and oxygen atoms in total. The van der Waals surface area contributed by atoms with E-state index in [-0.39, 0.29) is 22.7 Å². The Balaban J connectivity index is 0.000000172. The fraction of sp³-hybridized carbons (Fsp3) is 0.111. The number of hydrogen-bond donors (Lipinski definition) is 2. The largest absolute Gasteiger partial charge is 0.478 e. The van der Waals surface area contributed by atoms with E-state index in [1.54, 1.807) is 18.3 Å².